The molecule has 1 amide bonds. The average Bonchev–Trinajstić information content (AvgIpc) is 3.22. The summed E-state index contributed by atoms with van der Waals surface area (Å²) in [4.78, 5) is 15.5. The van der Waals surface area contributed by atoms with Crippen molar-refractivity contribution in [3.05, 3.63) is 34.7 Å². The van der Waals surface area contributed by atoms with Crippen molar-refractivity contribution in [3.63, 3.8) is 0 Å². The van der Waals surface area contributed by atoms with Gasteiger partial charge in [0.05, 0.1) is 4.88 Å². The molecule has 1 unspecified atom stereocenters. The maximum absolute atomic E-state index is 12.6. The third kappa shape index (κ3) is 2.16. The maximum atomic E-state index is 12.6. The van der Waals surface area contributed by atoms with Gasteiger partial charge in [0.2, 0.25) is 0 Å². The highest BCUT2D eigenvalue weighted by Crippen LogP contribution is 2.36. The third-order valence-electron chi connectivity index (χ3n) is 4.27. The number of nitrogens with zero attached hydrogens (tertiary/aromatic N) is 1. The molecule has 2 nitrogen and oxygen atoms in total. The van der Waals surface area contributed by atoms with E-state index in [1.54, 1.807) is 11.3 Å². The number of aryl methyl sites for hydroxylation is 1. The molecule has 2 aromatic rings. The van der Waals surface area contributed by atoms with Crippen LogP contribution in [0.1, 0.15) is 35.0 Å². The van der Waals surface area contributed by atoms with Crippen molar-refractivity contribution in [3.8, 4) is 0 Å². The first-order chi connectivity index (χ1) is 9.09. The van der Waals surface area contributed by atoms with E-state index in [1.165, 1.54) is 22.9 Å². The van der Waals surface area contributed by atoms with Crippen LogP contribution in [0.4, 0.5) is 0 Å². The molecule has 0 saturated heterocycles. The van der Waals surface area contributed by atoms with Gasteiger partial charge in [0.1, 0.15) is 0 Å². The van der Waals surface area contributed by atoms with Gasteiger partial charge in [-0.15, -0.1) is 11.3 Å². The van der Waals surface area contributed by atoms with E-state index in [0.717, 1.165) is 10.4 Å². The summed E-state index contributed by atoms with van der Waals surface area (Å²) in [7, 11) is 1.94. The van der Waals surface area contributed by atoms with Crippen LogP contribution in [0.2, 0.25) is 0 Å². The number of amides is 1. The van der Waals surface area contributed by atoms with Crippen molar-refractivity contribution in [2.24, 2.45) is 5.92 Å². The highest BCUT2D eigenvalue weighted by molar-refractivity contribution is 7.21. The van der Waals surface area contributed by atoms with Crippen molar-refractivity contribution in [2.45, 2.75) is 32.7 Å². The topological polar surface area (TPSA) is 20.3 Å². The molecule has 1 aliphatic rings. The minimum atomic E-state index is 0.179. The first kappa shape index (κ1) is 12.7. The number of benzene rings is 1. The SMILES string of the molecule is Cc1c(C(=O)N(C)C(C)C2CC2)sc2ccccc12. The molecule has 19 heavy (non-hydrogen) atoms. The fourth-order valence-corrected chi connectivity index (χ4v) is 3.81. The standard InChI is InChI=1S/C16H19NOS/c1-10-13-6-4-5-7-14(13)19-15(10)16(18)17(3)11(2)12-8-9-12/h4-7,11-12H,8-9H2,1-3H3. The second kappa shape index (κ2) is 4.64. The summed E-state index contributed by atoms with van der Waals surface area (Å²) in [6.07, 6.45) is 2.54. The zero-order chi connectivity index (χ0) is 13.6. The van der Waals surface area contributed by atoms with E-state index in [-0.39, 0.29) is 5.91 Å². The van der Waals surface area contributed by atoms with Gasteiger partial charge in [0.15, 0.2) is 0 Å². The maximum Gasteiger partial charge on any atom is 0.264 e. The molecule has 1 saturated carbocycles. The van der Waals surface area contributed by atoms with Gasteiger partial charge in [-0.3, -0.25) is 4.79 Å². The molecule has 1 aliphatic carbocycles. The Morgan fingerprint density at radius 2 is 2.05 bits per heavy atom. The van der Waals surface area contributed by atoms with Crippen LogP contribution in [-0.2, 0) is 0 Å². The zero-order valence-corrected chi connectivity index (χ0v) is 12.5. The zero-order valence-electron chi connectivity index (χ0n) is 11.6. The van der Waals surface area contributed by atoms with Crippen molar-refractivity contribution >= 4 is 27.3 Å². The number of rotatable bonds is 3. The van der Waals surface area contributed by atoms with Gasteiger partial charge in [0, 0.05) is 17.8 Å². The molecule has 3 rings (SSSR count). The summed E-state index contributed by atoms with van der Waals surface area (Å²) in [5.74, 6) is 0.890. The summed E-state index contributed by atoms with van der Waals surface area (Å²) in [6.45, 7) is 4.22. The van der Waals surface area contributed by atoms with Gasteiger partial charge in [0.25, 0.3) is 5.91 Å². The molecule has 0 bridgehead atoms. The molecule has 100 valence electrons. The Hall–Kier alpha value is -1.35. The summed E-state index contributed by atoms with van der Waals surface area (Å²) in [5, 5.41) is 1.21. The molecular formula is C16H19NOS. The number of hydrogen-bond donors (Lipinski definition) is 0. The first-order valence-corrected chi connectivity index (χ1v) is 7.66. The average molecular weight is 273 g/mol. The quantitative estimate of drug-likeness (QED) is 0.825. The smallest absolute Gasteiger partial charge is 0.264 e. The third-order valence-corrected chi connectivity index (χ3v) is 5.53. The minimum absolute atomic E-state index is 0.179. The van der Waals surface area contributed by atoms with Crippen LogP contribution in [0, 0.1) is 12.8 Å². The number of carbonyl (C=O) groups excluding carboxylic acids is 1. The van der Waals surface area contributed by atoms with Gasteiger partial charge in [-0.25, -0.2) is 0 Å². The van der Waals surface area contributed by atoms with E-state index < -0.39 is 0 Å². The lowest BCUT2D eigenvalue weighted by atomic mass is 10.1. The lowest BCUT2D eigenvalue weighted by Gasteiger charge is -2.24. The van der Waals surface area contributed by atoms with Gasteiger partial charge in [-0.2, -0.15) is 0 Å². The Bertz CT molecular complexity index is 627. The van der Waals surface area contributed by atoms with Crippen LogP contribution in [0.25, 0.3) is 10.1 Å². The summed E-state index contributed by atoms with van der Waals surface area (Å²) < 4.78 is 1.20. The Labute approximate surface area is 118 Å². The number of thiophene rings is 1. The minimum Gasteiger partial charge on any atom is -0.338 e. The van der Waals surface area contributed by atoms with Crippen molar-refractivity contribution in [1.82, 2.24) is 4.90 Å². The van der Waals surface area contributed by atoms with Crippen LogP contribution in [0.5, 0.6) is 0 Å². The summed E-state index contributed by atoms with van der Waals surface area (Å²) >= 11 is 1.62. The van der Waals surface area contributed by atoms with E-state index in [9.17, 15) is 4.79 Å². The van der Waals surface area contributed by atoms with Crippen LogP contribution in [-0.4, -0.2) is 23.9 Å². The predicted molar refractivity (Wildman–Crippen MR) is 80.8 cm³/mol. The Morgan fingerprint density at radius 3 is 2.68 bits per heavy atom. The number of fused-ring (bicyclic) bond motifs is 1. The monoisotopic (exact) mass is 273 g/mol. The van der Waals surface area contributed by atoms with Gasteiger partial charge in [-0.05, 0) is 49.6 Å². The lowest BCUT2D eigenvalue weighted by Crippen LogP contribution is -2.36. The van der Waals surface area contributed by atoms with Crippen LogP contribution < -0.4 is 0 Å². The van der Waals surface area contributed by atoms with Crippen LogP contribution >= 0.6 is 11.3 Å². The number of carbonyl (C=O) groups is 1. The molecule has 1 aromatic heterocycles. The highest BCUT2D eigenvalue weighted by atomic mass is 32.1. The van der Waals surface area contributed by atoms with E-state index >= 15 is 0 Å². The summed E-state index contributed by atoms with van der Waals surface area (Å²) in [6, 6.07) is 8.61. The molecule has 1 fully saturated rings. The van der Waals surface area contributed by atoms with Crippen molar-refractivity contribution in [2.75, 3.05) is 7.05 Å². The van der Waals surface area contributed by atoms with Crippen LogP contribution in [0.3, 0.4) is 0 Å². The predicted octanol–water partition coefficient (Wildman–Crippen LogP) is 4.08. The lowest BCUT2D eigenvalue weighted by molar-refractivity contribution is 0.0731. The second-order valence-electron chi connectivity index (χ2n) is 5.55. The fourth-order valence-electron chi connectivity index (χ4n) is 2.62. The molecular weight excluding hydrogens is 254 g/mol. The number of hydrogen-bond acceptors (Lipinski definition) is 2. The van der Waals surface area contributed by atoms with Crippen molar-refractivity contribution in [1.29, 1.82) is 0 Å². The van der Waals surface area contributed by atoms with Gasteiger partial charge >= 0.3 is 0 Å². The highest BCUT2D eigenvalue weighted by Gasteiger charge is 2.33. The Kier molecular flexibility index (Phi) is 3.09. The van der Waals surface area contributed by atoms with E-state index in [1.807, 2.05) is 24.1 Å². The Morgan fingerprint density at radius 1 is 1.37 bits per heavy atom. The van der Waals surface area contributed by atoms with E-state index in [0.29, 0.717) is 12.0 Å². The summed E-state index contributed by atoms with van der Waals surface area (Å²) in [5.41, 5.74) is 1.13. The Balaban J connectivity index is 1.94. The second-order valence-corrected chi connectivity index (χ2v) is 6.60. The van der Waals surface area contributed by atoms with Gasteiger partial charge < -0.3 is 4.90 Å². The molecule has 0 aliphatic heterocycles. The normalized spacial score (nSPS) is 16.6. The molecule has 0 radical (unpaired) electrons. The van der Waals surface area contributed by atoms with E-state index in [2.05, 4.69) is 26.0 Å². The van der Waals surface area contributed by atoms with Crippen LogP contribution in [0.15, 0.2) is 24.3 Å². The fraction of sp³-hybridized carbons (Fsp3) is 0.438. The van der Waals surface area contributed by atoms with E-state index in [4.69, 9.17) is 0 Å². The molecule has 1 heterocycles. The molecule has 0 N–H and O–H groups in total. The van der Waals surface area contributed by atoms with Gasteiger partial charge in [-0.1, -0.05) is 18.2 Å². The molecule has 0 spiro atoms. The molecule has 1 aromatic carbocycles. The first-order valence-electron chi connectivity index (χ1n) is 6.85. The molecule has 3 heteroatoms. The molecule has 1 atom stereocenters. The largest absolute Gasteiger partial charge is 0.338 e. The van der Waals surface area contributed by atoms with Crippen molar-refractivity contribution < 1.29 is 4.79 Å².